The maximum atomic E-state index is 12.9. The van der Waals surface area contributed by atoms with Gasteiger partial charge in [-0.1, -0.05) is 6.07 Å². The first kappa shape index (κ1) is 18.5. The Bertz CT molecular complexity index is 802. The van der Waals surface area contributed by atoms with Crippen LogP contribution in [0.3, 0.4) is 0 Å². The fourth-order valence-electron chi connectivity index (χ4n) is 3.70. The number of nitrogens with zero attached hydrogens (tertiary/aromatic N) is 2. The molecule has 0 aromatic heterocycles. The third kappa shape index (κ3) is 2.79. The van der Waals surface area contributed by atoms with Crippen molar-refractivity contribution in [2.45, 2.75) is 64.7 Å². The van der Waals surface area contributed by atoms with Crippen LogP contribution < -0.4 is 15.3 Å². The van der Waals surface area contributed by atoms with Gasteiger partial charge in [-0.05, 0) is 65.1 Å². The number of carbonyl (C=O) groups excluding carboxylic acids is 2. The van der Waals surface area contributed by atoms with Crippen LogP contribution >= 0.6 is 0 Å². The van der Waals surface area contributed by atoms with E-state index in [1.165, 1.54) is 0 Å². The van der Waals surface area contributed by atoms with Crippen molar-refractivity contribution < 1.29 is 18.9 Å². The first-order chi connectivity index (χ1) is 12.5. The van der Waals surface area contributed by atoms with Gasteiger partial charge in [0.2, 0.25) is 11.8 Å². The largest absolute Gasteiger partial charge is 0.494 e. The Morgan fingerprint density at radius 2 is 1.70 bits per heavy atom. The number of amides is 2. The van der Waals surface area contributed by atoms with Gasteiger partial charge in [0.15, 0.2) is 0 Å². The van der Waals surface area contributed by atoms with E-state index in [2.05, 4.69) is 0 Å². The maximum absolute atomic E-state index is 12.9. The Hall–Kier alpha value is -1.86. The molecule has 6 nitrogen and oxygen atoms in total. The number of carbonyl (C=O) groups is 2. The molecule has 4 rings (SSSR count). The molecule has 1 aliphatic carbocycles. The molecule has 2 aliphatic heterocycles. The monoisotopic (exact) mass is 370 g/mol. The molecule has 0 radical (unpaired) electrons. The molecule has 2 heterocycles. The predicted octanol–water partition coefficient (Wildman–Crippen LogP) is 2.09. The van der Waals surface area contributed by atoms with Crippen LogP contribution in [0.4, 0.5) is 11.4 Å². The van der Waals surface area contributed by atoms with Gasteiger partial charge in [-0.3, -0.25) is 14.5 Å². The van der Waals surface area contributed by atoms with Crippen molar-refractivity contribution >= 4 is 35.8 Å². The molecule has 2 amide bonds. The molecule has 1 saturated heterocycles. The van der Waals surface area contributed by atoms with Gasteiger partial charge in [0, 0.05) is 13.0 Å². The minimum atomic E-state index is -0.510. The van der Waals surface area contributed by atoms with E-state index in [1.807, 2.05) is 45.9 Å². The first-order valence-electron chi connectivity index (χ1n) is 9.64. The molecule has 0 spiro atoms. The van der Waals surface area contributed by atoms with Gasteiger partial charge in [-0.15, -0.1) is 0 Å². The van der Waals surface area contributed by atoms with Crippen molar-refractivity contribution in [3.05, 3.63) is 18.2 Å². The van der Waals surface area contributed by atoms with Crippen molar-refractivity contribution in [1.29, 1.82) is 0 Å². The third-order valence-corrected chi connectivity index (χ3v) is 6.39. The molecule has 1 saturated carbocycles. The summed E-state index contributed by atoms with van der Waals surface area (Å²) in [5, 5.41) is 0. The normalized spacial score (nSPS) is 26.4. The quantitative estimate of drug-likeness (QED) is 0.749. The van der Waals surface area contributed by atoms with E-state index < -0.39 is 24.4 Å². The SMILES string of the molecule is C[C@@H]1C(=O)N(C)c2ccc(B3OC(C)(C)C(C)(C)O3)cc2N1C(=O)C1CC1. The van der Waals surface area contributed by atoms with Crippen LogP contribution in [0.5, 0.6) is 0 Å². The fraction of sp³-hybridized carbons (Fsp3) is 0.600. The summed E-state index contributed by atoms with van der Waals surface area (Å²) in [7, 11) is 1.25. The molecular formula is C20H27BN2O4. The van der Waals surface area contributed by atoms with E-state index >= 15 is 0 Å². The third-order valence-electron chi connectivity index (χ3n) is 6.39. The van der Waals surface area contributed by atoms with Crippen molar-refractivity contribution in [2.75, 3.05) is 16.8 Å². The van der Waals surface area contributed by atoms with Crippen LogP contribution in [0.2, 0.25) is 0 Å². The number of likely N-dealkylation sites (N-methyl/N-ethyl adjacent to an activating group) is 1. The summed E-state index contributed by atoms with van der Waals surface area (Å²) >= 11 is 0. The van der Waals surface area contributed by atoms with E-state index in [0.717, 1.165) is 29.7 Å². The highest BCUT2D eigenvalue weighted by Crippen LogP contribution is 2.41. The van der Waals surface area contributed by atoms with Crippen LogP contribution in [-0.4, -0.2) is 43.2 Å². The Labute approximate surface area is 160 Å². The molecular weight excluding hydrogens is 343 g/mol. The lowest BCUT2D eigenvalue weighted by Gasteiger charge is -2.39. The summed E-state index contributed by atoms with van der Waals surface area (Å²) in [6.45, 7) is 9.86. The number of benzene rings is 1. The van der Waals surface area contributed by atoms with Crippen molar-refractivity contribution in [2.24, 2.45) is 5.92 Å². The summed E-state index contributed by atoms with van der Waals surface area (Å²) in [5.41, 5.74) is 1.49. The lowest BCUT2D eigenvalue weighted by molar-refractivity contribution is -0.125. The van der Waals surface area contributed by atoms with Crippen molar-refractivity contribution in [3.8, 4) is 0 Å². The number of hydrogen-bond acceptors (Lipinski definition) is 4. The van der Waals surface area contributed by atoms with Crippen LogP contribution in [-0.2, 0) is 18.9 Å². The average molecular weight is 370 g/mol. The zero-order chi connectivity index (χ0) is 19.7. The summed E-state index contributed by atoms with van der Waals surface area (Å²) in [6.07, 6.45) is 1.80. The van der Waals surface area contributed by atoms with Gasteiger partial charge in [0.05, 0.1) is 22.6 Å². The lowest BCUT2D eigenvalue weighted by atomic mass is 9.78. The minimum Gasteiger partial charge on any atom is -0.399 e. The molecule has 144 valence electrons. The molecule has 7 heteroatoms. The lowest BCUT2D eigenvalue weighted by Crippen LogP contribution is -2.54. The Kier molecular flexibility index (Phi) is 3.99. The van der Waals surface area contributed by atoms with Crippen LogP contribution in [0.15, 0.2) is 18.2 Å². The van der Waals surface area contributed by atoms with E-state index in [9.17, 15) is 9.59 Å². The van der Waals surface area contributed by atoms with E-state index in [4.69, 9.17) is 9.31 Å². The predicted molar refractivity (Wildman–Crippen MR) is 105 cm³/mol. The van der Waals surface area contributed by atoms with Gasteiger partial charge in [-0.2, -0.15) is 0 Å². The second-order valence-electron chi connectivity index (χ2n) is 8.89. The van der Waals surface area contributed by atoms with Crippen LogP contribution in [0.1, 0.15) is 47.5 Å². The zero-order valence-electron chi connectivity index (χ0n) is 16.9. The highest BCUT2D eigenvalue weighted by molar-refractivity contribution is 6.62. The summed E-state index contributed by atoms with van der Waals surface area (Å²) in [5.74, 6) is 0.00756. The summed E-state index contributed by atoms with van der Waals surface area (Å²) in [4.78, 5) is 28.9. The smallest absolute Gasteiger partial charge is 0.399 e. The van der Waals surface area contributed by atoms with Crippen molar-refractivity contribution in [1.82, 2.24) is 0 Å². The Morgan fingerprint density at radius 3 is 2.26 bits per heavy atom. The number of fused-ring (bicyclic) bond motifs is 1. The van der Waals surface area contributed by atoms with E-state index in [-0.39, 0.29) is 17.7 Å². The molecule has 2 fully saturated rings. The van der Waals surface area contributed by atoms with Gasteiger partial charge in [0.1, 0.15) is 6.04 Å². The second-order valence-corrected chi connectivity index (χ2v) is 8.89. The van der Waals surface area contributed by atoms with Crippen LogP contribution in [0.25, 0.3) is 0 Å². The number of rotatable bonds is 2. The molecule has 0 N–H and O–H groups in total. The average Bonchev–Trinajstić information content (AvgIpc) is 3.40. The van der Waals surface area contributed by atoms with Gasteiger partial charge in [0.25, 0.3) is 0 Å². The molecule has 1 aromatic rings. The van der Waals surface area contributed by atoms with Crippen molar-refractivity contribution in [3.63, 3.8) is 0 Å². The summed E-state index contributed by atoms with van der Waals surface area (Å²) in [6, 6.07) is 5.23. The number of anilines is 2. The second kappa shape index (κ2) is 5.82. The zero-order valence-corrected chi connectivity index (χ0v) is 16.9. The molecule has 1 aromatic carbocycles. The van der Waals surface area contributed by atoms with Crippen LogP contribution in [0, 0.1) is 5.92 Å². The number of hydrogen-bond donors (Lipinski definition) is 0. The minimum absolute atomic E-state index is 0.0382. The maximum Gasteiger partial charge on any atom is 0.494 e. The van der Waals surface area contributed by atoms with Gasteiger partial charge >= 0.3 is 7.12 Å². The van der Waals surface area contributed by atoms with Gasteiger partial charge in [-0.25, -0.2) is 0 Å². The van der Waals surface area contributed by atoms with E-state index in [0.29, 0.717) is 0 Å². The molecule has 1 atom stereocenters. The molecule has 27 heavy (non-hydrogen) atoms. The molecule has 3 aliphatic rings. The highest BCUT2D eigenvalue weighted by Gasteiger charge is 2.52. The molecule has 0 unspecified atom stereocenters. The summed E-state index contributed by atoms with van der Waals surface area (Å²) < 4.78 is 12.3. The standard InChI is InChI=1S/C20H27BN2O4/c1-12-17(24)22(6)15-10-9-14(21-26-19(2,3)20(4,5)27-21)11-16(15)23(12)18(25)13-7-8-13/h9-13H,7-8H2,1-6H3/t12-/m1/s1. The first-order valence-corrected chi connectivity index (χ1v) is 9.64. The Morgan fingerprint density at radius 1 is 1.11 bits per heavy atom. The van der Waals surface area contributed by atoms with Gasteiger partial charge < -0.3 is 14.2 Å². The fourth-order valence-corrected chi connectivity index (χ4v) is 3.70. The Balaban J connectivity index is 1.75. The highest BCUT2D eigenvalue weighted by atomic mass is 16.7. The van der Waals surface area contributed by atoms with E-state index in [1.54, 1.807) is 23.8 Å². The topological polar surface area (TPSA) is 59.1 Å². The molecule has 0 bridgehead atoms.